The Hall–Kier alpha value is -2.65. The number of aliphatic hydroxyl groups excluding tert-OH is 1. The number of amides is 1. The van der Waals surface area contributed by atoms with Gasteiger partial charge in [-0.2, -0.15) is 0 Å². The molecule has 0 bridgehead atoms. The zero-order chi connectivity index (χ0) is 17.6. The van der Waals surface area contributed by atoms with Crippen molar-refractivity contribution in [3.8, 4) is 0 Å². The van der Waals surface area contributed by atoms with Crippen LogP contribution in [0.2, 0.25) is 0 Å². The Morgan fingerprint density at radius 3 is 2.36 bits per heavy atom. The lowest BCUT2D eigenvalue weighted by atomic mass is 9.97. The van der Waals surface area contributed by atoms with Crippen LogP contribution < -0.4 is 5.32 Å². The van der Waals surface area contributed by atoms with Gasteiger partial charge in [-0.25, -0.2) is 0 Å². The summed E-state index contributed by atoms with van der Waals surface area (Å²) in [4.78, 5) is 12.4. The van der Waals surface area contributed by atoms with Crippen LogP contribution in [0, 0.1) is 0 Å². The topological polar surface area (TPSA) is 49.3 Å². The van der Waals surface area contributed by atoms with Crippen LogP contribution in [-0.4, -0.2) is 17.6 Å². The minimum atomic E-state index is -0.179. The van der Waals surface area contributed by atoms with Crippen LogP contribution in [-0.2, 0) is 17.8 Å². The number of benzene rings is 3. The largest absolute Gasteiger partial charge is 0.392 e. The van der Waals surface area contributed by atoms with Gasteiger partial charge in [0.25, 0.3) is 0 Å². The molecule has 3 nitrogen and oxygen atoms in total. The Morgan fingerprint density at radius 2 is 1.64 bits per heavy atom. The Bertz CT molecular complexity index is 855. The van der Waals surface area contributed by atoms with Crippen molar-refractivity contribution in [3.05, 3.63) is 83.4 Å². The van der Waals surface area contributed by atoms with Gasteiger partial charge < -0.3 is 10.4 Å². The van der Waals surface area contributed by atoms with Gasteiger partial charge in [0, 0.05) is 6.54 Å². The average Bonchev–Trinajstić information content (AvgIpc) is 2.67. The number of aliphatic hydroxyl groups is 1. The van der Waals surface area contributed by atoms with Crippen LogP contribution >= 0.6 is 0 Å². The van der Waals surface area contributed by atoms with Gasteiger partial charge >= 0.3 is 0 Å². The predicted octanol–water partition coefficient (Wildman–Crippen LogP) is 3.79. The van der Waals surface area contributed by atoms with E-state index in [9.17, 15) is 4.79 Å². The zero-order valence-corrected chi connectivity index (χ0v) is 14.4. The molecule has 0 saturated carbocycles. The molecule has 3 aromatic carbocycles. The molecule has 1 amide bonds. The molecule has 1 atom stereocenters. The van der Waals surface area contributed by atoms with E-state index in [1.165, 1.54) is 5.39 Å². The highest BCUT2D eigenvalue weighted by atomic mass is 16.3. The third kappa shape index (κ3) is 4.25. The molecule has 0 radical (unpaired) electrons. The number of nitrogens with one attached hydrogen (secondary N) is 1. The minimum absolute atomic E-state index is 0.0438. The molecule has 2 N–H and O–H groups in total. The van der Waals surface area contributed by atoms with E-state index >= 15 is 0 Å². The van der Waals surface area contributed by atoms with Crippen molar-refractivity contribution >= 4 is 16.7 Å². The van der Waals surface area contributed by atoms with Gasteiger partial charge in [-0.15, -0.1) is 0 Å². The molecule has 0 saturated heterocycles. The van der Waals surface area contributed by atoms with Gasteiger partial charge in [0.2, 0.25) is 5.91 Å². The fourth-order valence-electron chi connectivity index (χ4n) is 2.92. The first kappa shape index (κ1) is 17.2. The summed E-state index contributed by atoms with van der Waals surface area (Å²) in [5.41, 5.74) is 3.08. The summed E-state index contributed by atoms with van der Waals surface area (Å²) in [7, 11) is 0. The fraction of sp³-hybridized carbons (Fsp3) is 0.227. The minimum Gasteiger partial charge on any atom is -0.392 e. The van der Waals surface area contributed by atoms with Crippen molar-refractivity contribution in [2.75, 3.05) is 6.54 Å². The molecule has 128 valence electrons. The number of carbonyl (C=O) groups excluding carboxylic acids is 1. The maximum atomic E-state index is 12.4. The van der Waals surface area contributed by atoms with E-state index in [0.29, 0.717) is 6.54 Å². The summed E-state index contributed by atoms with van der Waals surface area (Å²) in [6.07, 6.45) is 0.780. The van der Waals surface area contributed by atoms with Gasteiger partial charge in [-0.05, 0) is 40.8 Å². The molecule has 0 aromatic heterocycles. The van der Waals surface area contributed by atoms with Gasteiger partial charge in [-0.3, -0.25) is 4.79 Å². The zero-order valence-electron chi connectivity index (χ0n) is 14.4. The molecule has 0 aliphatic carbocycles. The standard InChI is InChI=1S/C22H23NO2/c1-16(20-11-10-19-4-2-3-5-21(19)14-20)22(25)23-13-12-17-6-8-18(15-24)9-7-17/h2-11,14,16,24H,12-13,15H2,1H3,(H,23,25). The van der Waals surface area contributed by atoms with E-state index in [1.54, 1.807) is 0 Å². The van der Waals surface area contributed by atoms with Crippen LogP contribution in [0.25, 0.3) is 10.8 Å². The second-order valence-corrected chi connectivity index (χ2v) is 6.34. The summed E-state index contributed by atoms with van der Waals surface area (Å²) >= 11 is 0. The molecular formula is C22H23NO2. The summed E-state index contributed by atoms with van der Waals surface area (Å²) < 4.78 is 0. The van der Waals surface area contributed by atoms with Crippen LogP contribution in [0.4, 0.5) is 0 Å². The number of hydrogen-bond donors (Lipinski definition) is 2. The lowest BCUT2D eigenvalue weighted by Crippen LogP contribution is -2.29. The monoisotopic (exact) mass is 333 g/mol. The summed E-state index contributed by atoms with van der Waals surface area (Å²) in [6.45, 7) is 2.60. The second-order valence-electron chi connectivity index (χ2n) is 6.34. The molecule has 25 heavy (non-hydrogen) atoms. The molecular weight excluding hydrogens is 310 g/mol. The Morgan fingerprint density at radius 1 is 0.960 bits per heavy atom. The third-order valence-electron chi connectivity index (χ3n) is 4.59. The summed E-state index contributed by atoms with van der Waals surface area (Å²) in [6, 6.07) is 22.2. The Labute approximate surface area is 148 Å². The van der Waals surface area contributed by atoms with Crippen LogP contribution in [0.1, 0.15) is 29.5 Å². The SMILES string of the molecule is CC(C(=O)NCCc1ccc(CO)cc1)c1ccc2ccccc2c1. The summed E-state index contributed by atoms with van der Waals surface area (Å²) in [5, 5.41) is 14.4. The van der Waals surface area contributed by atoms with Crippen LogP contribution in [0.5, 0.6) is 0 Å². The van der Waals surface area contributed by atoms with Gasteiger partial charge in [0.05, 0.1) is 12.5 Å². The molecule has 0 aliphatic heterocycles. The molecule has 0 aliphatic rings. The second kappa shape index (κ2) is 7.95. The van der Waals surface area contributed by atoms with Gasteiger partial charge in [0.15, 0.2) is 0 Å². The highest BCUT2D eigenvalue weighted by molar-refractivity contribution is 5.87. The Balaban J connectivity index is 1.57. The maximum absolute atomic E-state index is 12.4. The predicted molar refractivity (Wildman–Crippen MR) is 101 cm³/mol. The smallest absolute Gasteiger partial charge is 0.227 e. The van der Waals surface area contributed by atoms with E-state index in [-0.39, 0.29) is 18.4 Å². The van der Waals surface area contributed by atoms with Crippen molar-refractivity contribution in [1.82, 2.24) is 5.32 Å². The summed E-state index contributed by atoms with van der Waals surface area (Å²) in [5.74, 6) is -0.136. The average molecular weight is 333 g/mol. The first-order chi connectivity index (χ1) is 12.2. The van der Waals surface area contributed by atoms with Gasteiger partial charge in [0.1, 0.15) is 0 Å². The lowest BCUT2D eigenvalue weighted by Gasteiger charge is -2.13. The molecule has 3 heteroatoms. The van der Waals surface area contributed by atoms with E-state index in [1.807, 2.05) is 49.4 Å². The number of rotatable bonds is 6. The normalized spacial score (nSPS) is 12.1. The van der Waals surface area contributed by atoms with Crippen molar-refractivity contribution in [1.29, 1.82) is 0 Å². The molecule has 0 spiro atoms. The third-order valence-corrected chi connectivity index (χ3v) is 4.59. The number of carbonyl (C=O) groups is 1. The fourth-order valence-corrected chi connectivity index (χ4v) is 2.92. The van der Waals surface area contributed by atoms with E-state index in [2.05, 4.69) is 29.6 Å². The van der Waals surface area contributed by atoms with Crippen molar-refractivity contribution < 1.29 is 9.90 Å². The molecule has 0 heterocycles. The molecule has 0 fully saturated rings. The van der Waals surface area contributed by atoms with E-state index in [0.717, 1.165) is 28.5 Å². The number of hydrogen-bond acceptors (Lipinski definition) is 2. The highest BCUT2D eigenvalue weighted by Crippen LogP contribution is 2.21. The first-order valence-corrected chi connectivity index (χ1v) is 8.62. The first-order valence-electron chi connectivity index (χ1n) is 8.62. The Kier molecular flexibility index (Phi) is 5.46. The van der Waals surface area contributed by atoms with Gasteiger partial charge in [-0.1, -0.05) is 66.7 Å². The van der Waals surface area contributed by atoms with Crippen molar-refractivity contribution in [2.24, 2.45) is 0 Å². The van der Waals surface area contributed by atoms with E-state index in [4.69, 9.17) is 5.11 Å². The number of fused-ring (bicyclic) bond motifs is 1. The maximum Gasteiger partial charge on any atom is 0.227 e. The molecule has 1 unspecified atom stereocenters. The lowest BCUT2D eigenvalue weighted by molar-refractivity contribution is -0.122. The quantitative estimate of drug-likeness (QED) is 0.721. The van der Waals surface area contributed by atoms with Crippen LogP contribution in [0.3, 0.4) is 0 Å². The van der Waals surface area contributed by atoms with Crippen molar-refractivity contribution in [3.63, 3.8) is 0 Å². The highest BCUT2D eigenvalue weighted by Gasteiger charge is 2.15. The molecule has 3 aromatic rings. The van der Waals surface area contributed by atoms with Crippen molar-refractivity contribution in [2.45, 2.75) is 25.9 Å². The van der Waals surface area contributed by atoms with E-state index < -0.39 is 0 Å². The molecule has 3 rings (SSSR count). The van der Waals surface area contributed by atoms with Crippen LogP contribution in [0.15, 0.2) is 66.7 Å².